The van der Waals surface area contributed by atoms with E-state index >= 15 is 0 Å². The highest BCUT2D eigenvalue weighted by Crippen LogP contribution is 2.38. The van der Waals surface area contributed by atoms with E-state index < -0.39 is 8.32 Å². The van der Waals surface area contributed by atoms with Gasteiger partial charge in [-0.25, -0.2) is 0 Å². The molecule has 0 rings (SSSR count). The Hall–Kier alpha value is -0.483. The van der Waals surface area contributed by atoms with Crippen LogP contribution in [0.2, 0.25) is 18.1 Å². The molecule has 0 fully saturated rings. The molecule has 0 aliphatic heterocycles. The molecule has 18 heavy (non-hydrogen) atoms. The molecule has 0 aliphatic rings. The van der Waals surface area contributed by atoms with Crippen LogP contribution in [0.15, 0.2) is 0 Å². The van der Waals surface area contributed by atoms with E-state index in [1.807, 2.05) is 6.92 Å². The first-order chi connectivity index (χ1) is 8.14. The summed E-state index contributed by atoms with van der Waals surface area (Å²) >= 11 is 0. The molecule has 3 nitrogen and oxygen atoms in total. The summed E-state index contributed by atoms with van der Waals surface area (Å²) in [7, 11) is -1.87. The monoisotopic (exact) mass is 272 g/mol. The molecular formula is C14H28O3Si. The highest BCUT2D eigenvalue weighted by Gasteiger charge is 2.39. The van der Waals surface area contributed by atoms with Crippen LogP contribution in [0.1, 0.15) is 53.4 Å². The lowest BCUT2D eigenvalue weighted by Gasteiger charge is -2.39. The maximum Gasteiger partial charge on any atom is 0.192 e. The van der Waals surface area contributed by atoms with Gasteiger partial charge in [0.05, 0.1) is 6.10 Å². The maximum atomic E-state index is 11.6. The largest absolute Gasteiger partial charge is 0.413 e. The highest BCUT2D eigenvalue weighted by molar-refractivity contribution is 6.74. The Morgan fingerprint density at radius 1 is 1.33 bits per heavy atom. The van der Waals surface area contributed by atoms with Gasteiger partial charge in [-0.3, -0.25) is 4.79 Å². The number of carbonyl (C=O) groups is 2. The van der Waals surface area contributed by atoms with Gasteiger partial charge < -0.3 is 9.22 Å². The van der Waals surface area contributed by atoms with Crippen LogP contribution in [-0.2, 0) is 14.0 Å². The quantitative estimate of drug-likeness (QED) is 0.499. The van der Waals surface area contributed by atoms with Crippen molar-refractivity contribution >= 4 is 20.4 Å². The summed E-state index contributed by atoms with van der Waals surface area (Å²) in [5, 5.41) is 0.127. The number of Topliss-reactive ketones (excluding diaryl/α,β-unsaturated/α-hetero) is 1. The second-order valence-electron chi connectivity index (χ2n) is 6.34. The molecule has 0 aliphatic carbocycles. The van der Waals surface area contributed by atoms with E-state index in [2.05, 4.69) is 33.9 Å². The van der Waals surface area contributed by atoms with E-state index in [1.54, 1.807) is 0 Å². The van der Waals surface area contributed by atoms with E-state index in [4.69, 9.17) is 4.43 Å². The van der Waals surface area contributed by atoms with Gasteiger partial charge in [-0.05, 0) is 24.6 Å². The first-order valence-corrected chi connectivity index (χ1v) is 9.68. The minimum absolute atomic E-state index is 0.0939. The lowest BCUT2D eigenvalue weighted by Crippen LogP contribution is -2.44. The third-order valence-electron chi connectivity index (χ3n) is 3.72. The van der Waals surface area contributed by atoms with Crippen molar-refractivity contribution in [3.63, 3.8) is 0 Å². The fraction of sp³-hybridized carbons (Fsp3) is 0.857. The topological polar surface area (TPSA) is 43.4 Å². The van der Waals surface area contributed by atoms with Crippen LogP contribution in [0, 0.1) is 0 Å². The second-order valence-corrected chi connectivity index (χ2v) is 11.1. The zero-order valence-electron chi connectivity index (χ0n) is 12.7. The minimum atomic E-state index is -1.87. The van der Waals surface area contributed by atoms with Gasteiger partial charge in [0.15, 0.2) is 8.32 Å². The molecule has 0 saturated carbocycles. The lowest BCUT2D eigenvalue weighted by molar-refractivity contribution is -0.120. The molecule has 0 aromatic rings. The Balaban J connectivity index is 4.66. The van der Waals surface area contributed by atoms with Crippen LogP contribution in [-0.4, -0.2) is 26.5 Å². The molecule has 0 aromatic heterocycles. The highest BCUT2D eigenvalue weighted by atomic mass is 28.4. The SMILES string of the molecule is CCC(=O)C[C@H](CCC=O)O[Si](C)(C)C(C)(C)C. The molecule has 0 amide bonds. The number of hydrogen-bond acceptors (Lipinski definition) is 3. The predicted octanol–water partition coefficient (Wildman–Crippen LogP) is 3.73. The first-order valence-electron chi connectivity index (χ1n) is 6.77. The van der Waals surface area contributed by atoms with Gasteiger partial charge in [-0.15, -0.1) is 0 Å². The number of ketones is 1. The van der Waals surface area contributed by atoms with Crippen LogP contribution in [0.25, 0.3) is 0 Å². The normalized spacial score (nSPS) is 14.3. The van der Waals surface area contributed by atoms with Crippen LogP contribution in [0.4, 0.5) is 0 Å². The van der Waals surface area contributed by atoms with Crippen molar-refractivity contribution in [2.45, 2.75) is 77.6 Å². The summed E-state index contributed by atoms with van der Waals surface area (Å²) in [4.78, 5) is 22.1. The van der Waals surface area contributed by atoms with Gasteiger partial charge in [-0.2, -0.15) is 0 Å². The summed E-state index contributed by atoms with van der Waals surface area (Å²) in [6.45, 7) is 12.8. The van der Waals surface area contributed by atoms with Crippen molar-refractivity contribution in [2.24, 2.45) is 0 Å². The summed E-state index contributed by atoms with van der Waals surface area (Å²) in [5.41, 5.74) is 0. The fourth-order valence-corrected chi connectivity index (χ4v) is 2.84. The summed E-state index contributed by atoms with van der Waals surface area (Å²) in [6, 6.07) is 0. The predicted molar refractivity (Wildman–Crippen MR) is 77.3 cm³/mol. The molecule has 0 aromatic carbocycles. The molecule has 4 heteroatoms. The number of carbonyl (C=O) groups excluding carboxylic acids is 2. The van der Waals surface area contributed by atoms with Crippen molar-refractivity contribution in [3.05, 3.63) is 0 Å². The molecule has 0 N–H and O–H groups in total. The van der Waals surface area contributed by atoms with Crippen molar-refractivity contribution in [1.82, 2.24) is 0 Å². The summed E-state index contributed by atoms with van der Waals surface area (Å²) in [5.74, 6) is 0.213. The zero-order valence-corrected chi connectivity index (χ0v) is 13.7. The van der Waals surface area contributed by atoms with Gasteiger partial charge in [0.1, 0.15) is 12.1 Å². The Morgan fingerprint density at radius 3 is 2.28 bits per heavy atom. The molecule has 0 spiro atoms. The molecule has 0 bridgehead atoms. The molecule has 106 valence electrons. The van der Waals surface area contributed by atoms with Crippen molar-refractivity contribution in [3.8, 4) is 0 Å². The molecule has 0 heterocycles. The van der Waals surface area contributed by atoms with E-state index in [1.165, 1.54) is 0 Å². The average Bonchev–Trinajstić information content (AvgIpc) is 2.23. The number of aldehydes is 1. The summed E-state index contributed by atoms with van der Waals surface area (Å²) < 4.78 is 6.24. The second kappa shape index (κ2) is 7.19. The minimum Gasteiger partial charge on any atom is -0.413 e. The fourth-order valence-electron chi connectivity index (χ4n) is 1.45. The molecule has 1 atom stereocenters. The molecule has 0 unspecified atom stereocenters. The van der Waals surface area contributed by atoms with Gasteiger partial charge in [0.2, 0.25) is 0 Å². The van der Waals surface area contributed by atoms with Gasteiger partial charge in [0.25, 0.3) is 0 Å². The molecular weight excluding hydrogens is 244 g/mol. The standard InChI is InChI=1S/C14H28O3Si/c1-7-12(16)11-13(9-8-10-15)17-18(5,6)14(2,3)4/h10,13H,7-9,11H2,1-6H3/t13-/m0/s1. The van der Waals surface area contributed by atoms with Crippen molar-refractivity contribution < 1.29 is 14.0 Å². The number of hydrogen-bond donors (Lipinski definition) is 0. The lowest BCUT2D eigenvalue weighted by atomic mass is 10.1. The third-order valence-corrected chi connectivity index (χ3v) is 8.26. The third kappa shape index (κ3) is 5.91. The molecule has 0 saturated heterocycles. The molecule has 0 radical (unpaired) electrons. The summed E-state index contributed by atoms with van der Waals surface area (Å²) in [6.07, 6.45) is 2.91. The van der Waals surface area contributed by atoms with E-state index in [-0.39, 0.29) is 16.9 Å². The first kappa shape index (κ1) is 17.5. The average molecular weight is 272 g/mol. The van der Waals surface area contributed by atoms with Crippen LogP contribution in [0.5, 0.6) is 0 Å². The Bertz CT molecular complexity index is 279. The zero-order chi connectivity index (χ0) is 14.4. The van der Waals surface area contributed by atoms with E-state index in [9.17, 15) is 9.59 Å². The van der Waals surface area contributed by atoms with Gasteiger partial charge >= 0.3 is 0 Å². The maximum absolute atomic E-state index is 11.6. The Labute approximate surface area is 112 Å². The van der Waals surface area contributed by atoms with E-state index in [0.717, 1.165) is 6.29 Å². The van der Waals surface area contributed by atoms with Crippen molar-refractivity contribution in [2.75, 3.05) is 0 Å². The van der Waals surface area contributed by atoms with Gasteiger partial charge in [-0.1, -0.05) is 27.7 Å². The Morgan fingerprint density at radius 2 is 1.89 bits per heavy atom. The number of rotatable bonds is 8. The van der Waals surface area contributed by atoms with Crippen LogP contribution < -0.4 is 0 Å². The van der Waals surface area contributed by atoms with E-state index in [0.29, 0.717) is 25.7 Å². The van der Waals surface area contributed by atoms with Crippen LogP contribution >= 0.6 is 0 Å². The smallest absolute Gasteiger partial charge is 0.192 e. The Kier molecular flexibility index (Phi) is 7.00. The van der Waals surface area contributed by atoms with Crippen LogP contribution in [0.3, 0.4) is 0 Å². The van der Waals surface area contributed by atoms with Gasteiger partial charge in [0, 0.05) is 19.3 Å². The van der Waals surface area contributed by atoms with Crippen molar-refractivity contribution in [1.29, 1.82) is 0 Å².